The van der Waals surface area contributed by atoms with E-state index in [1.54, 1.807) is 25.4 Å². The third kappa shape index (κ3) is 3.59. The van der Waals surface area contributed by atoms with E-state index in [0.717, 1.165) is 36.9 Å². The molecule has 1 amide bonds. The summed E-state index contributed by atoms with van der Waals surface area (Å²) in [7, 11) is 1.70. The number of aromatic nitrogens is 4. The van der Waals surface area contributed by atoms with Crippen LogP contribution in [-0.2, 0) is 29.0 Å². The Hall–Kier alpha value is -2.32. The van der Waals surface area contributed by atoms with Gasteiger partial charge < -0.3 is 14.4 Å². The molecule has 0 saturated carbocycles. The maximum Gasteiger partial charge on any atom is 0.274 e. The molecule has 4 rings (SSSR count). The number of carbonyl (C=O) groups excluding carboxylic acids is 1. The van der Waals surface area contributed by atoms with Gasteiger partial charge in [-0.25, -0.2) is 0 Å². The van der Waals surface area contributed by atoms with E-state index >= 15 is 0 Å². The molecular weight excluding hydrogens is 346 g/mol. The second kappa shape index (κ2) is 8.14. The minimum absolute atomic E-state index is 0.0486. The number of hydrogen-bond acceptors (Lipinski definition) is 6. The molecule has 1 unspecified atom stereocenters. The summed E-state index contributed by atoms with van der Waals surface area (Å²) in [6.07, 6.45) is 5.40. The fraction of sp³-hybridized carbons (Fsp3) is 0.579. The number of nitrogens with zero attached hydrogens (tertiary/aromatic N) is 5. The minimum Gasteiger partial charge on any atom is -0.383 e. The molecule has 0 aliphatic carbocycles. The molecule has 0 aromatic carbocycles. The maximum absolute atomic E-state index is 13.1. The van der Waals surface area contributed by atoms with E-state index in [-0.39, 0.29) is 11.9 Å². The summed E-state index contributed by atoms with van der Waals surface area (Å²) in [5.41, 5.74) is 3.71. The fourth-order valence-corrected chi connectivity index (χ4v) is 3.99. The highest BCUT2D eigenvalue weighted by Gasteiger charge is 2.35. The molecule has 1 saturated heterocycles. The summed E-state index contributed by atoms with van der Waals surface area (Å²) in [5, 5.41) is 12.8. The summed E-state index contributed by atoms with van der Waals surface area (Å²) in [6.45, 7) is 3.30. The molecule has 0 spiro atoms. The van der Waals surface area contributed by atoms with Crippen molar-refractivity contribution in [3.8, 4) is 0 Å². The van der Waals surface area contributed by atoms with Crippen LogP contribution >= 0.6 is 0 Å². The van der Waals surface area contributed by atoms with Gasteiger partial charge in [0.15, 0.2) is 5.69 Å². The highest BCUT2D eigenvalue weighted by molar-refractivity contribution is 5.92. The van der Waals surface area contributed by atoms with Gasteiger partial charge in [0.05, 0.1) is 38.1 Å². The largest absolute Gasteiger partial charge is 0.383 e. The van der Waals surface area contributed by atoms with Gasteiger partial charge in [-0.3, -0.25) is 9.48 Å². The van der Waals surface area contributed by atoms with Gasteiger partial charge in [0.25, 0.3) is 5.91 Å². The van der Waals surface area contributed by atoms with Crippen LogP contribution < -0.4 is 0 Å². The molecule has 0 bridgehead atoms. The van der Waals surface area contributed by atoms with Gasteiger partial charge in [-0.2, -0.15) is 10.2 Å². The van der Waals surface area contributed by atoms with Gasteiger partial charge >= 0.3 is 0 Å². The van der Waals surface area contributed by atoms with E-state index in [1.807, 2.05) is 9.58 Å². The van der Waals surface area contributed by atoms with Crippen LogP contribution in [0.3, 0.4) is 0 Å². The molecule has 1 atom stereocenters. The molecule has 144 valence electrons. The first-order valence-corrected chi connectivity index (χ1v) is 9.53. The van der Waals surface area contributed by atoms with Crippen LogP contribution in [0.4, 0.5) is 0 Å². The quantitative estimate of drug-likeness (QED) is 0.796. The molecule has 2 aliphatic heterocycles. The van der Waals surface area contributed by atoms with Gasteiger partial charge in [-0.05, 0) is 31.4 Å². The van der Waals surface area contributed by atoms with Crippen molar-refractivity contribution in [3.63, 3.8) is 0 Å². The number of carbonyl (C=O) groups is 1. The first kappa shape index (κ1) is 18.1. The minimum atomic E-state index is -0.0790. The molecule has 4 heterocycles. The zero-order valence-electron chi connectivity index (χ0n) is 15.6. The van der Waals surface area contributed by atoms with Crippen LogP contribution in [0.2, 0.25) is 0 Å². The first-order valence-electron chi connectivity index (χ1n) is 9.53. The van der Waals surface area contributed by atoms with Crippen molar-refractivity contribution in [2.24, 2.45) is 0 Å². The molecule has 2 aromatic heterocycles. The van der Waals surface area contributed by atoms with Crippen molar-refractivity contribution >= 4 is 5.91 Å². The van der Waals surface area contributed by atoms with Crippen LogP contribution in [0.25, 0.3) is 0 Å². The van der Waals surface area contributed by atoms with E-state index in [4.69, 9.17) is 14.6 Å². The zero-order valence-corrected chi connectivity index (χ0v) is 15.6. The topological polar surface area (TPSA) is 82.4 Å². The van der Waals surface area contributed by atoms with Crippen molar-refractivity contribution in [1.82, 2.24) is 24.9 Å². The summed E-state index contributed by atoms with van der Waals surface area (Å²) in [5.74, 6) is -0.0790. The predicted molar refractivity (Wildman–Crippen MR) is 97.1 cm³/mol. The average Bonchev–Trinajstić information content (AvgIpc) is 3.11. The number of piperidine rings is 1. The lowest BCUT2D eigenvalue weighted by molar-refractivity contribution is 0.0589. The van der Waals surface area contributed by atoms with Crippen LogP contribution in [-0.4, -0.2) is 57.7 Å². The Morgan fingerprint density at radius 2 is 2.33 bits per heavy atom. The van der Waals surface area contributed by atoms with Gasteiger partial charge in [-0.1, -0.05) is 0 Å². The molecule has 1 fully saturated rings. The number of amides is 1. The number of fused-ring (bicyclic) bond motifs is 1. The summed E-state index contributed by atoms with van der Waals surface area (Å²) < 4.78 is 13.0. The van der Waals surface area contributed by atoms with Crippen LogP contribution in [0.1, 0.15) is 52.7 Å². The third-order valence-electron chi connectivity index (χ3n) is 5.31. The fourth-order valence-electron chi connectivity index (χ4n) is 3.99. The normalized spacial score (nSPS) is 19.7. The van der Waals surface area contributed by atoms with Gasteiger partial charge in [0.1, 0.15) is 0 Å². The number of methoxy groups -OCH3 is 1. The number of rotatable bonds is 5. The van der Waals surface area contributed by atoms with E-state index in [2.05, 4.69) is 10.2 Å². The summed E-state index contributed by atoms with van der Waals surface area (Å²) in [6, 6.07) is 3.41. The monoisotopic (exact) mass is 371 g/mol. The lowest BCUT2D eigenvalue weighted by atomic mass is 9.95. The highest BCUT2D eigenvalue weighted by atomic mass is 16.5. The van der Waals surface area contributed by atoms with E-state index in [9.17, 15) is 4.79 Å². The van der Waals surface area contributed by atoms with Crippen molar-refractivity contribution in [2.75, 3.05) is 26.9 Å². The lowest BCUT2D eigenvalue weighted by Crippen LogP contribution is -2.39. The van der Waals surface area contributed by atoms with E-state index < -0.39 is 0 Å². The maximum atomic E-state index is 13.1. The molecule has 2 aromatic rings. The molecule has 8 heteroatoms. The Bertz CT molecular complexity index is 792. The smallest absolute Gasteiger partial charge is 0.274 e. The lowest BCUT2D eigenvalue weighted by Gasteiger charge is -2.35. The number of hydrogen-bond donors (Lipinski definition) is 0. The van der Waals surface area contributed by atoms with Gasteiger partial charge in [0.2, 0.25) is 0 Å². The van der Waals surface area contributed by atoms with Crippen LogP contribution in [0.5, 0.6) is 0 Å². The Labute approximate surface area is 158 Å². The molecule has 0 radical (unpaired) electrons. The molecule has 27 heavy (non-hydrogen) atoms. The summed E-state index contributed by atoms with van der Waals surface area (Å²) >= 11 is 0. The van der Waals surface area contributed by atoms with Crippen molar-refractivity contribution < 1.29 is 14.3 Å². The molecule has 2 aliphatic rings. The SMILES string of the molecule is COCCn1nc(C2CCCCN2C(=O)c2cccnn2)c2c1CCOC2. The second-order valence-corrected chi connectivity index (χ2v) is 6.95. The summed E-state index contributed by atoms with van der Waals surface area (Å²) in [4.78, 5) is 15.0. The number of likely N-dealkylation sites (tertiary alicyclic amines) is 1. The number of ether oxygens (including phenoxy) is 2. The predicted octanol–water partition coefficient (Wildman–Crippen LogP) is 1.76. The van der Waals surface area contributed by atoms with Crippen molar-refractivity contribution in [1.29, 1.82) is 0 Å². The Morgan fingerprint density at radius 3 is 3.15 bits per heavy atom. The standard InChI is InChI=1S/C19H25N5O3/c1-26-12-10-24-16-7-11-27-13-14(16)18(22-24)17-6-2-3-9-23(17)19(25)15-5-4-8-20-21-15/h4-5,8,17H,2-3,6-7,9-13H2,1H3. The zero-order chi connectivity index (χ0) is 18.6. The molecule has 8 nitrogen and oxygen atoms in total. The highest BCUT2D eigenvalue weighted by Crippen LogP contribution is 2.35. The molecule has 0 N–H and O–H groups in total. The van der Waals surface area contributed by atoms with E-state index in [0.29, 0.717) is 38.6 Å². The Balaban J connectivity index is 1.67. The molecular formula is C19H25N5O3. The van der Waals surface area contributed by atoms with Gasteiger partial charge in [-0.15, -0.1) is 5.10 Å². The Kier molecular flexibility index (Phi) is 5.45. The average molecular weight is 371 g/mol. The van der Waals surface area contributed by atoms with Crippen molar-refractivity contribution in [2.45, 2.75) is 44.9 Å². The third-order valence-corrected chi connectivity index (χ3v) is 5.31. The second-order valence-electron chi connectivity index (χ2n) is 6.95. The first-order chi connectivity index (χ1) is 13.3. The van der Waals surface area contributed by atoms with Gasteiger partial charge in [0, 0.05) is 37.5 Å². The van der Waals surface area contributed by atoms with Crippen LogP contribution in [0, 0.1) is 0 Å². The van der Waals surface area contributed by atoms with Crippen LogP contribution in [0.15, 0.2) is 18.3 Å². The van der Waals surface area contributed by atoms with Crippen molar-refractivity contribution in [3.05, 3.63) is 41.0 Å². The Morgan fingerprint density at radius 1 is 1.41 bits per heavy atom. The van der Waals surface area contributed by atoms with E-state index in [1.165, 1.54) is 5.69 Å².